The summed E-state index contributed by atoms with van der Waals surface area (Å²) in [6.45, 7) is 4.00. The second-order valence-corrected chi connectivity index (χ2v) is 24.1. The van der Waals surface area contributed by atoms with Gasteiger partial charge in [0, 0.05) is 12.8 Å². The number of nitrogens with zero attached hydrogens (tertiary/aromatic N) is 1. The quantitative estimate of drug-likeness (QED) is 0.0195. The van der Waals surface area contributed by atoms with Gasteiger partial charge in [-0.25, -0.2) is 0 Å². The van der Waals surface area contributed by atoms with Gasteiger partial charge in [0.25, 0.3) is 7.82 Å². The molecule has 0 spiro atoms. The van der Waals surface area contributed by atoms with Crippen LogP contribution in [0.5, 0.6) is 0 Å². The lowest BCUT2D eigenvalue weighted by Gasteiger charge is -2.28. The number of rotatable bonds is 59. The van der Waals surface area contributed by atoms with Crippen molar-refractivity contribution in [1.29, 1.82) is 0 Å². The molecule has 0 fully saturated rings. The van der Waals surface area contributed by atoms with Crippen molar-refractivity contribution in [2.24, 2.45) is 0 Å². The second-order valence-electron chi connectivity index (χ2n) is 22.7. The molecule has 0 aromatic rings. The minimum Gasteiger partial charge on any atom is -0.756 e. The third-order valence-electron chi connectivity index (χ3n) is 13.7. The van der Waals surface area contributed by atoms with Gasteiger partial charge in [-0.05, 0) is 109 Å². The number of carbonyl (C=O) groups is 2. The molecule has 0 aliphatic heterocycles. The summed E-state index contributed by atoms with van der Waals surface area (Å²) in [6, 6.07) is 0. The Morgan fingerprint density at radius 3 is 0.976 bits per heavy atom. The molecule has 0 saturated carbocycles. The number of phosphoric acid groups is 1. The Labute approximate surface area is 504 Å². The molecule has 10 heteroatoms. The summed E-state index contributed by atoms with van der Waals surface area (Å²) in [7, 11) is 1.15. The maximum absolute atomic E-state index is 12.8. The first kappa shape index (κ1) is 78.1. The number of esters is 2. The maximum Gasteiger partial charge on any atom is 0.306 e. The molecule has 0 N–H and O–H groups in total. The van der Waals surface area contributed by atoms with Crippen molar-refractivity contribution in [2.75, 3.05) is 47.5 Å². The van der Waals surface area contributed by atoms with Crippen LogP contribution in [0.3, 0.4) is 0 Å². The van der Waals surface area contributed by atoms with Gasteiger partial charge < -0.3 is 27.9 Å². The van der Waals surface area contributed by atoms with Crippen molar-refractivity contribution in [2.45, 2.75) is 264 Å². The van der Waals surface area contributed by atoms with E-state index in [0.717, 1.165) is 116 Å². The number of unbranched alkanes of at least 4 members (excludes halogenated alkanes) is 23. The molecule has 0 bridgehead atoms. The standard InChI is InChI=1S/C72H122NO8P/c1-6-8-10-12-14-16-18-20-22-24-26-28-30-32-34-35-36-37-39-40-42-44-46-48-50-52-54-56-58-60-62-64-71(74)78-68-70(69-80-82(76,77)79-67-66-73(3,4)5)81-72(75)65-63-61-59-57-55-53-51-49-47-45-43-41-38-33-31-29-27-25-23-21-19-17-15-13-11-9-7-2/h8-11,14-17,20-23,26-29,32-34,38,43,45,70H,6-7,12-13,18-19,24-25,30-31,35-37,39-42,44,46-69H2,1-5H3/b10-8-,11-9-,16-14-,17-15-,22-20-,23-21-,28-26-,29-27-,34-32-,38-33-,45-43-. The average Bonchev–Trinajstić information content (AvgIpc) is 3.46. The summed E-state index contributed by atoms with van der Waals surface area (Å²) in [5.74, 6) is -0.846. The Morgan fingerprint density at radius 1 is 0.378 bits per heavy atom. The Kier molecular flexibility index (Phi) is 58.8. The minimum absolute atomic E-state index is 0.0387. The molecule has 0 heterocycles. The Morgan fingerprint density at radius 2 is 0.659 bits per heavy atom. The zero-order valence-electron chi connectivity index (χ0n) is 53.1. The van der Waals surface area contributed by atoms with E-state index in [0.29, 0.717) is 17.4 Å². The predicted octanol–water partition coefficient (Wildman–Crippen LogP) is 20.6. The third kappa shape index (κ3) is 65.3. The number of carbonyl (C=O) groups excluding carboxylic acids is 2. The average molecular weight is 1160 g/mol. The summed E-state index contributed by atoms with van der Waals surface area (Å²) in [4.78, 5) is 38.0. The van der Waals surface area contributed by atoms with Crippen LogP contribution in [0, 0.1) is 0 Å². The first-order valence-corrected chi connectivity index (χ1v) is 34.4. The van der Waals surface area contributed by atoms with Crippen molar-refractivity contribution in [3.8, 4) is 0 Å². The number of likely N-dealkylation sites (N-methyl/N-ethyl adjacent to an activating group) is 1. The van der Waals surface area contributed by atoms with Gasteiger partial charge in [-0.1, -0.05) is 270 Å². The van der Waals surface area contributed by atoms with Crippen molar-refractivity contribution in [1.82, 2.24) is 0 Å². The SMILES string of the molecule is CC/C=C\C/C=C\C/C=C\C/C=C\C/C=C\C/C=C\CCCCCCCCCCC(=O)OC(COC(=O)CCCCCCCCCCCCCCCCC/C=C\C/C=C\C/C=C\C/C=C\C/C=C\CC)COP(=O)([O-])OCC[N+](C)(C)C. The van der Waals surface area contributed by atoms with Gasteiger partial charge in [-0.2, -0.15) is 0 Å². The molecule has 0 radical (unpaired) electrons. The third-order valence-corrected chi connectivity index (χ3v) is 14.6. The van der Waals surface area contributed by atoms with E-state index in [1.807, 2.05) is 21.1 Å². The van der Waals surface area contributed by atoms with Gasteiger partial charge in [0.1, 0.15) is 19.8 Å². The molecular weight excluding hydrogens is 1040 g/mol. The molecular formula is C72H122NO8P. The smallest absolute Gasteiger partial charge is 0.306 e. The number of hydrogen-bond donors (Lipinski definition) is 0. The van der Waals surface area contributed by atoms with Gasteiger partial charge >= 0.3 is 11.9 Å². The fraction of sp³-hybridized carbons (Fsp3) is 0.667. The Bertz CT molecular complexity index is 1850. The Balaban J connectivity index is 4.12. The first-order valence-electron chi connectivity index (χ1n) is 32.9. The van der Waals surface area contributed by atoms with E-state index in [9.17, 15) is 19.0 Å². The van der Waals surface area contributed by atoms with Crippen molar-refractivity contribution >= 4 is 19.8 Å². The summed E-state index contributed by atoms with van der Waals surface area (Å²) in [5, 5.41) is 0. The molecule has 0 rings (SSSR count). The zero-order chi connectivity index (χ0) is 59.8. The van der Waals surface area contributed by atoms with Gasteiger partial charge in [-0.15, -0.1) is 0 Å². The molecule has 2 atom stereocenters. The number of hydrogen-bond acceptors (Lipinski definition) is 8. The molecule has 9 nitrogen and oxygen atoms in total. The van der Waals surface area contributed by atoms with Crippen LogP contribution in [0.2, 0.25) is 0 Å². The van der Waals surface area contributed by atoms with Crippen LogP contribution < -0.4 is 4.89 Å². The highest BCUT2D eigenvalue weighted by Gasteiger charge is 2.22. The predicted molar refractivity (Wildman–Crippen MR) is 351 cm³/mol. The lowest BCUT2D eigenvalue weighted by molar-refractivity contribution is -0.870. The van der Waals surface area contributed by atoms with Crippen molar-refractivity contribution in [3.05, 3.63) is 134 Å². The summed E-state index contributed by atoms with van der Waals surface area (Å²) in [5.41, 5.74) is 0. The molecule has 0 aromatic heterocycles. The second kappa shape index (κ2) is 61.7. The lowest BCUT2D eigenvalue weighted by Crippen LogP contribution is -2.37. The molecule has 0 amide bonds. The number of ether oxygens (including phenoxy) is 2. The summed E-state index contributed by atoms with van der Waals surface area (Å²) < 4.78 is 34.3. The maximum atomic E-state index is 12.8. The number of phosphoric ester groups is 1. The van der Waals surface area contributed by atoms with Gasteiger partial charge in [0.05, 0.1) is 27.7 Å². The zero-order valence-corrected chi connectivity index (χ0v) is 54.0. The van der Waals surface area contributed by atoms with Crippen LogP contribution in [0.1, 0.15) is 258 Å². The van der Waals surface area contributed by atoms with Crippen LogP contribution in [0.4, 0.5) is 0 Å². The van der Waals surface area contributed by atoms with Gasteiger partial charge in [-0.3, -0.25) is 14.2 Å². The molecule has 0 saturated heterocycles. The molecule has 0 aromatic carbocycles. The molecule has 468 valence electrons. The topological polar surface area (TPSA) is 111 Å². The van der Waals surface area contributed by atoms with Crippen LogP contribution in [0.25, 0.3) is 0 Å². The fourth-order valence-electron chi connectivity index (χ4n) is 8.69. The highest BCUT2D eigenvalue weighted by molar-refractivity contribution is 7.45. The van der Waals surface area contributed by atoms with Crippen LogP contribution in [-0.4, -0.2) is 70.0 Å². The fourth-order valence-corrected chi connectivity index (χ4v) is 9.42. The normalized spacial score (nSPS) is 14.1. The largest absolute Gasteiger partial charge is 0.756 e. The monoisotopic (exact) mass is 1160 g/mol. The molecule has 0 aliphatic carbocycles. The van der Waals surface area contributed by atoms with E-state index in [-0.39, 0.29) is 32.0 Å². The Hall–Kier alpha value is -3.85. The summed E-state index contributed by atoms with van der Waals surface area (Å²) in [6.07, 6.45) is 89.4. The number of allylic oxidation sites excluding steroid dienone is 22. The number of quaternary nitrogens is 1. The highest BCUT2D eigenvalue weighted by Crippen LogP contribution is 2.38. The van der Waals surface area contributed by atoms with Crippen LogP contribution in [0.15, 0.2) is 134 Å². The molecule has 0 aliphatic rings. The van der Waals surface area contributed by atoms with Crippen molar-refractivity contribution < 1.29 is 42.1 Å². The van der Waals surface area contributed by atoms with Crippen LogP contribution >= 0.6 is 7.82 Å². The van der Waals surface area contributed by atoms with E-state index in [1.54, 1.807) is 0 Å². The van der Waals surface area contributed by atoms with Crippen molar-refractivity contribution in [3.63, 3.8) is 0 Å². The van der Waals surface area contributed by atoms with E-state index in [1.165, 1.54) is 109 Å². The highest BCUT2D eigenvalue weighted by atomic mass is 31.2. The minimum atomic E-state index is -4.65. The lowest BCUT2D eigenvalue weighted by atomic mass is 10.0. The van der Waals surface area contributed by atoms with E-state index in [2.05, 4.69) is 148 Å². The molecule has 2 unspecified atom stereocenters. The van der Waals surface area contributed by atoms with Gasteiger partial charge in [0.2, 0.25) is 0 Å². The molecule has 82 heavy (non-hydrogen) atoms. The van der Waals surface area contributed by atoms with E-state index < -0.39 is 26.5 Å². The van der Waals surface area contributed by atoms with Crippen LogP contribution in [-0.2, 0) is 32.7 Å². The van der Waals surface area contributed by atoms with E-state index >= 15 is 0 Å². The first-order chi connectivity index (χ1) is 40.0. The summed E-state index contributed by atoms with van der Waals surface area (Å²) >= 11 is 0. The van der Waals surface area contributed by atoms with E-state index in [4.69, 9.17) is 18.5 Å². The van der Waals surface area contributed by atoms with Gasteiger partial charge in [0.15, 0.2) is 6.10 Å².